The Bertz CT molecular complexity index is 670. The molecule has 0 N–H and O–H groups in total. The van der Waals surface area contributed by atoms with E-state index in [4.69, 9.17) is 12.5 Å². The van der Waals surface area contributed by atoms with Gasteiger partial charge in [-0.25, -0.2) is 4.21 Å². The minimum atomic E-state index is -3.90. The van der Waals surface area contributed by atoms with E-state index in [1.807, 2.05) is 0 Å². The third-order valence-electron chi connectivity index (χ3n) is 2.88. The van der Waals surface area contributed by atoms with Gasteiger partial charge in [-0.15, -0.1) is 0 Å². The molecule has 0 saturated carbocycles. The summed E-state index contributed by atoms with van der Waals surface area (Å²) in [6.45, 7) is 6.05. The molecule has 0 saturated heterocycles. The first-order valence-electron chi connectivity index (χ1n) is 7.97. The van der Waals surface area contributed by atoms with E-state index < -0.39 is 53.0 Å². The van der Waals surface area contributed by atoms with Crippen molar-refractivity contribution in [1.82, 2.24) is 0 Å². The fraction of sp³-hybridized carbons (Fsp3) is 1.00. The maximum absolute atomic E-state index is 11.8. The summed E-state index contributed by atoms with van der Waals surface area (Å²) in [4.78, 5) is 0. The summed E-state index contributed by atoms with van der Waals surface area (Å²) in [6.07, 6.45) is 1.69. The maximum Gasteiger partial charge on any atom is 0.268 e. The van der Waals surface area contributed by atoms with Crippen molar-refractivity contribution < 1.29 is 37.8 Å². The van der Waals surface area contributed by atoms with E-state index in [1.165, 1.54) is 20.1 Å². The molecule has 0 aromatic rings. The molecule has 13 heteroatoms. The van der Waals surface area contributed by atoms with Crippen molar-refractivity contribution in [2.75, 3.05) is 17.8 Å². The molecule has 0 fully saturated rings. The van der Waals surface area contributed by atoms with E-state index in [0.717, 1.165) is 0 Å². The first-order valence-corrected chi connectivity index (χ1v) is 13.9. The van der Waals surface area contributed by atoms with Crippen LogP contribution in [0.5, 0.6) is 0 Å². The molecule has 0 heterocycles. The van der Waals surface area contributed by atoms with E-state index in [9.17, 15) is 25.3 Å². The third-order valence-corrected chi connectivity index (χ3v) is 8.11. The highest BCUT2D eigenvalue weighted by molar-refractivity contribution is 7.89. The zero-order chi connectivity index (χ0) is 20.5. The highest BCUT2D eigenvalue weighted by Crippen LogP contribution is 2.11. The molecule has 0 radical (unpaired) electrons. The molecule has 0 aromatic heterocycles. The number of hydrogen-bond acceptors (Lipinski definition) is 9. The average Bonchev–Trinajstić information content (AvgIpc) is 2.44. The van der Waals surface area contributed by atoms with Crippen molar-refractivity contribution >= 4 is 42.1 Å². The molecule has 0 spiro atoms. The Balaban J connectivity index is 4.23. The lowest BCUT2D eigenvalue weighted by Crippen LogP contribution is -2.25. The second kappa shape index (κ2) is 11.8. The van der Waals surface area contributed by atoms with Crippen LogP contribution in [0.4, 0.5) is 0 Å². The fourth-order valence-electron chi connectivity index (χ4n) is 1.60. The van der Waals surface area contributed by atoms with Gasteiger partial charge in [0.05, 0.1) is 17.6 Å². The third kappa shape index (κ3) is 12.5. The molecule has 0 rings (SSSR count). The molecule has 0 aliphatic carbocycles. The molecule has 0 aliphatic heterocycles. The first kappa shape index (κ1) is 26.1. The second-order valence-corrected chi connectivity index (χ2v) is 12.3. The summed E-state index contributed by atoms with van der Waals surface area (Å²) in [5.74, 6) is -0.620. The molecule has 9 nitrogen and oxygen atoms in total. The maximum atomic E-state index is 11.8. The lowest BCUT2D eigenvalue weighted by molar-refractivity contribution is 0.232. The van der Waals surface area contributed by atoms with Crippen LogP contribution in [0, 0.1) is 0 Å². The molecule has 158 valence electrons. The van der Waals surface area contributed by atoms with E-state index in [-0.39, 0.29) is 30.5 Å². The Morgan fingerprint density at radius 2 is 1.19 bits per heavy atom. The van der Waals surface area contributed by atoms with Crippen LogP contribution < -0.4 is 0 Å². The Morgan fingerprint density at radius 3 is 1.58 bits per heavy atom. The molecule has 0 amide bonds. The van der Waals surface area contributed by atoms with Gasteiger partial charge in [0.1, 0.15) is 5.44 Å². The topological polar surface area (TPSA) is 130 Å². The van der Waals surface area contributed by atoms with Gasteiger partial charge in [0.2, 0.25) is 0 Å². The molecule has 4 unspecified atom stereocenters. The minimum absolute atomic E-state index is 0.178. The highest BCUT2D eigenvalue weighted by atomic mass is 32.2. The SMILES string of the molecule is CC(C)OS(=O)C(C)OS(=O)(=O)CCCCCS(=O)(=O)OC(C)S(C)=O. The first-order chi connectivity index (χ1) is 11.8. The van der Waals surface area contributed by atoms with Crippen LogP contribution in [-0.4, -0.2) is 60.0 Å². The van der Waals surface area contributed by atoms with Gasteiger partial charge in [-0.1, -0.05) is 6.42 Å². The zero-order valence-corrected chi connectivity index (χ0v) is 18.8. The van der Waals surface area contributed by atoms with E-state index in [2.05, 4.69) is 0 Å². The van der Waals surface area contributed by atoms with Crippen LogP contribution in [0.25, 0.3) is 0 Å². The average molecular weight is 457 g/mol. The van der Waals surface area contributed by atoms with Crippen molar-refractivity contribution in [3.63, 3.8) is 0 Å². The number of rotatable bonds is 14. The van der Waals surface area contributed by atoms with Gasteiger partial charge in [-0.3, -0.25) is 16.8 Å². The Labute approximate surface area is 161 Å². The van der Waals surface area contributed by atoms with Crippen molar-refractivity contribution in [2.24, 2.45) is 0 Å². The molecular weight excluding hydrogens is 428 g/mol. The van der Waals surface area contributed by atoms with Crippen LogP contribution in [0.1, 0.15) is 47.0 Å². The lowest BCUT2D eigenvalue weighted by atomic mass is 10.3. The van der Waals surface area contributed by atoms with Gasteiger partial charge >= 0.3 is 0 Å². The van der Waals surface area contributed by atoms with Crippen molar-refractivity contribution in [3.8, 4) is 0 Å². The number of hydrogen-bond donors (Lipinski definition) is 0. The van der Waals surface area contributed by atoms with Gasteiger partial charge in [0.15, 0.2) is 16.5 Å². The van der Waals surface area contributed by atoms with Crippen LogP contribution in [0.2, 0.25) is 0 Å². The lowest BCUT2D eigenvalue weighted by Gasteiger charge is -2.14. The Hall–Kier alpha value is 0.0800. The van der Waals surface area contributed by atoms with Gasteiger partial charge < -0.3 is 0 Å². The van der Waals surface area contributed by atoms with Crippen molar-refractivity contribution in [3.05, 3.63) is 0 Å². The van der Waals surface area contributed by atoms with Gasteiger partial charge in [-0.05, 0) is 40.5 Å². The largest absolute Gasteiger partial charge is 0.286 e. The number of unbranched alkanes of at least 4 members (excludes halogenated alkanes) is 2. The summed E-state index contributed by atoms with van der Waals surface area (Å²) in [7, 11) is -9.14. The quantitative estimate of drug-likeness (QED) is 0.277. The molecule has 4 atom stereocenters. The highest BCUT2D eigenvalue weighted by Gasteiger charge is 2.23. The summed E-state index contributed by atoms with van der Waals surface area (Å²) < 4.78 is 84.2. The van der Waals surface area contributed by atoms with Crippen molar-refractivity contribution in [2.45, 2.75) is 63.9 Å². The molecule has 0 bridgehead atoms. The monoisotopic (exact) mass is 456 g/mol. The standard InChI is InChI=1S/C13H28O9S4/c1-11(2)20-24(15)13(4)22-26(18,19)10-8-6-7-9-25(16,17)21-12(3)23(5)14/h11-13H,6-10H2,1-5H3. The summed E-state index contributed by atoms with van der Waals surface area (Å²) in [5.41, 5.74) is -2.06. The second-order valence-electron chi connectivity index (χ2n) is 5.82. The summed E-state index contributed by atoms with van der Waals surface area (Å²) >= 11 is -1.89. The van der Waals surface area contributed by atoms with Crippen LogP contribution in [0.15, 0.2) is 0 Å². The van der Waals surface area contributed by atoms with Crippen LogP contribution in [-0.2, 0) is 54.7 Å². The van der Waals surface area contributed by atoms with Gasteiger partial charge in [0, 0.05) is 17.1 Å². The summed E-state index contributed by atoms with van der Waals surface area (Å²) in [5, 5.41) is 0. The zero-order valence-electron chi connectivity index (χ0n) is 15.6. The molecule has 0 aromatic carbocycles. The molecular formula is C13H28O9S4. The van der Waals surface area contributed by atoms with Crippen LogP contribution in [0.3, 0.4) is 0 Å². The predicted molar refractivity (Wildman–Crippen MR) is 101 cm³/mol. The minimum Gasteiger partial charge on any atom is -0.286 e. The Kier molecular flexibility index (Phi) is 11.9. The smallest absolute Gasteiger partial charge is 0.268 e. The summed E-state index contributed by atoms with van der Waals surface area (Å²) in [6, 6.07) is 0. The van der Waals surface area contributed by atoms with E-state index in [1.54, 1.807) is 13.8 Å². The fourth-order valence-corrected chi connectivity index (χ4v) is 5.69. The van der Waals surface area contributed by atoms with E-state index >= 15 is 0 Å². The van der Waals surface area contributed by atoms with Crippen molar-refractivity contribution in [1.29, 1.82) is 0 Å². The molecule has 0 aliphatic rings. The van der Waals surface area contributed by atoms with Gasteiger partial charge in [0.25, 0.3) is 20.2 Å². The predicted octanol–water partition coefficient (Wildman–Crippen LogP) is 1.01. The normalized spacial score (nSPS) is 17.8. The van der Waals surface area contributed by atoms with Gasteiger partial charge in [-0.2, -0.15) is 16.8 Å². The van der Waals surface area contributed by atoms with Crippen LogP contribution >= 0.6 is 0 Å². The Morgan fingerprint density at radius 1 is 0.769 bits per heavy atom. The molecule has 26 heavy (non-hydrogen) atoms. The van der Waals surface area contributed by atoms with E-state index in [0.29, 0.717) is 6.42 Å².